The van der Waals surface area contributed by atoms with Gasteiger partial charge in [0.2, 0.25) is 5.91 Å². The third-order valence-electron chi connectivity index (χ3n) is 13.8. The summed E-state index contributed by atoms with van der Waals surface area (Å²) < 4.78 is 11.2. The van der Waals surface area contributed by atoms with Crippen LogP contribution in [0.4, 0.5) is 0 Å². The topological polar surface area (TPSA) is 149 Å². The van der Waals surface area contributed by atoms with Crippen molar-refractivity contribution in [2.45, 2.75) is 320 Å². The van der Waals surface area contributed by atoms with Crippen LogP contribution < -0.4 is 5.32 Å². The molecule has 6 N–H and O–H groups in total. The van der Waals surface area contributed by atoms with Gasteiger partial charge in [-0.3, -0.25) is 4.79 Å². The van der Waals surface area contributed by atoms with Crippen molar-refractivity contribution in [2.75, 3.05) is 13.2 Å². The zero-order valence-electron chi connectivity index (χ0n) is 43.2. The third kappa shape index (κ3) is 36.6. The van der Waals surface area contributed by atoms with E-state index >= 15 is 0 Å². The van der Waals surface area contributed by atoms with E-state index in [1.54, 1.807) is 6.08 Å². The van der Waals surface area contributed by atoms with Gasteiger partial charge in [-0.15, -0.1) is 0 Å². The second kappa shape index (κ2) is 47.4. The largest absolute Gasteiger partial charge is 0.394 e. The molecule has 0 aliphatic carbocycles. The normalized spacial score (nSPS) is 19.9. The Morgan fingerprint density at radius 2 is 0.864 bits per heavy atom. The summed E-state index contributed by atoms with van der Waals surface area (Å²) in [6.45, 7) is 3.67. The van der Waals surface area contributed by atoms with Gasteiger partial charge in [0, 0.05) is 6.42 Å². The Morgan fingerprint density at radius 3 is 1.24 bits per heavy atom. The van der Waals surface area contributed by atoms with Crippen LogP contribution in [0.5, 0.6) is 0 Å². The number of hydrogen-bond acceptors (Lipinski definition) is 8. The fourth-order valence-electron chi connectivity index (χ4n) is 9.24. The Hall–Kier alpha value is -1.33. The van der Waals surface area contributed by atoms with E-state index in [4.69, 9.17) is 9.47 Å². The van der Waals surface area contributed by atoms with Crippen molar-refractivity contribution in [3.05, 3.63) is 24.3 Å². The van der Waals surface area contributed by atoms with Crippen LogP contribution in [0.1, 0.15) is 277 Å². The van der Waals surface area contributed by atoms with Crippen molar-refractivity contribution in [1.29, 1.82) is 0 Å². The Balaban J connectivity index is 1.97. The van der Waals surface area contributed by atoms with Gasteiger partial charge in [0.15, 0.2) is 6.29 Å². The lowest BCUT2D eigenvalue weighted by molar-refractivity contribution is -0.302. The number of aliphatic hydroxyl groups excluding tert-OH is 5. The van der Waals surface area contributed by atoms with Crippen molar-refractivity contribution >= 4 is 5.91 Å². The van der Waals surface area contributed by atoms with E-state index in [1.165, 1.54) is 212 Å². The van der Waals surface area contributed by atoms with E-state index in [9.17, 15) is 30.3 Å². The molecule has 0 radical (unpaired) electrons. The number of ether oxygens (including phenoxy) is 2. The van der Waals surface area contributed by atoms with E-state index in [0.717, 1.165) is 44.9 Å². The lowest BCUT2D eigenvalue weighted by Crippen LogP contribution is -2.60. The zero-order chi connectivity index (χ0) is 48.0. The first kappa shape index (κ1) is 62.7. The molecule has 0 aromatic rings. The molecule has 1 saturated heterocycles. The quantitative estimate of drug-likeness (QED) is 0.0261. The van der Waals surface area contributed by atoms with Crippen molar-refractivity contribution in [3.63, 3.8) is 0 Å². The molecule has 1 aliphatic rings. The Morgan fingerprint density at radius 1 is 0.500 bits per heavy atom. The molecule has 0 spiro atoms. The molecule has 1 amide bonds. The van der Waals surface area contributed by atoms with E-state index in [2.05, 4.69) is 31.3 Å². The van der Waals surface area contributed by atoms with Gasteiger partial charge < -0.3 is 40.3 Å². The summed E-state index contributed by atoms with van der Waals surface area (Å²) in [7, 11) is 0. The maximum absolute atomic E-state index is 12.9. The minimum Gasteiger partial charge on any atom is -0.394 e. The molecule has 1 aliphatic heterocycles. The molecule has 1 heterocycles. The molecule has 0 aromatic heterocycles. The first-order valence-electron chi connectivity index (χ1n) is 28.6. The first-order valence-corrected chi connectivity index (χ1v) is 28.6. The van der Waals surface area contributed by atoms with E-state index in [1.807, 2.05) is 6.08 Å². The van der Waals surface area contributed by atoms with E-state index in [0.29, 0.717) is 6.42 Å². The van der Waals surface area contributed by atoms with Gasteiger partial charge in [-0.25, -0.2) is 0 Å². The Labute approximate surface area is 407 Å². The fourth-order valence-corrected chi connectivity index (χ4v) is 9.24. The number of allylic oxidation sites excluding steroid dienone is 3. The molecule has 7 unspecified atom stereocenters. The van der Waals surface area contributed by atoms with Gasteiger partial charge in [-0.05, 0) is 25.7 Å². The van der Waals surface area contributed by atoms with Gasteiger partial charge in [0.25, 0.3) is 0 Å². The second-order valence-corrected chi connectivity index (χ2v) is 20.1. The predicted molar refractivity (Wildman–Crippen MR) is 277 cm³/mol. The summed E-state index contributed by atoms with van der Waals surface area (Å²) in [4.78, 5) is 12.9. The number of unbranched alkanes of at least 4 members (excludes halogenated alkanes) is 37. The van der Waals surface area contributed by atoms with Crippen molar-refractivity contribution in [2.24, 2.45) is 0 Å². The van der Waals surface area contributed by atoms with E-state index < -0.39 is 49.5 Å². The van der Waals surface area contributed by atoms with Gasteiger partial charge in [-0.1, -0.05) is 269 Å². The van der Waals surface area contributed by atoms with Gasteiger partial charge >= 0.3 is 0 Å². The van der Waals surface area contributed by atoms with Crippen LogP contribution in [-0.2, 0) is 14.3 Å². The van der Waals surface area contributed by atoms with Crippen molar-refractivity contribution < 1.29 is 39.8 Å². The number of carbonyl (C=O) groups excluding carboxylic acids is 1. The van der Waals surface area contributed by atoms with Crippen LogP contribution in [-0.4, -0.2) is 87.5 Å². The number of amides is 1. The van der Waals surface area contributed by atoms with Crippen LogP contribution in [0, 0.1) is 0 Å². The minimum atomic E-state index is -1.57. The number of rotatable bonds is 49. The average molecular weight is 936 g/mol. The summed E-state index contributed by atoms with van der Waals surface area (Å²) in [5, 5.41) is 54.0. The number of aliphatic hydroxyl groups is 5. The van der Waals surface area contributed by atoms with Gasteiger partial charge in [0.05, 0.1) is 25.4 Å². The summed E-state index contributed by atoms with van der Waals surface area (Å²) in [6.07, 6.45) is 53.3. The molecular weight excluding hydrogens is 827 g/mol. The summed E-state index contributed by atoms with van der Waals surface area (Å²) >= 11 is 0. The lowest BCUT2D eigenvalue weighted by atomic mass is 9.99. The average Bonchev–Trinajstić information content (AvgIpc) is 3.32. The van der Waals surface area contributed by atoms with E-state index in [-0.39, 0.29) is 12.5 Å². The predicted octanol–water partition coefficient (Wildman–Crippen LogP) is 13.8. The van der Waals surface area contributed by atoms with Gasteiger partial charge in [-0.2, -0.15) is 0 Å². The highest BCUT2D eigenvalue weighted by Crippen LogP contribution is 2.23. The van der Waals surface area contributed by atoms with Crippen molar-refractivity contribution in [3.8, 4) is 0 Å². The van der Waals surface area contributed by atoms with Crippen LogP contribution in [0.2, 0.25) is 0 Å². The maximum atomic E-state index is 12.9. The highest BCUT2D eigenvalue weighted by atomic mass is 16.7. The molecule has 1 fully saturated rings. The third-order valence-corrected chi connectivity index (χ3v) is 13.8. The van der Waals surface area contributed by atoms with Crippen molar-refractivity contribution in [1.82, 2.24) is 5.32 Å². The monoisotopic (exact) mass is 936 g/mol. The lowest BCUT2D eigenvalue weighted by Gasteiger charge is -2.40. The van der Waals surface area contributed by atoms with Crippen LogP contribution in [0.15, 0.2) is 24.3 Å². The molecule has 9 heteroatoms. The highest BCUT2D eigenvalue weighted by Gasteiger charge is 2.44. The molecule has 0 bridgehead atoms. The smallest absolute Gasteiger partial charge is 0.220 e. The molecule has 390 valence electrons. The fraction of sp³-hybridized carbons (Fsp3) is 0.912. The number of hydrogen-bond donors (Lipinski definition) is 6. The maximum Gasteiger partial charge on any atom is 0.220 e. The first-order chi connectivity index (χ1) is 32.3. The molecule has 0 saturated carbocycles. The zero-order valence-corrected chi connectivity index (χ0v) is 43.2. The molecule has 66 heavy (non-hydrogen) atoms. The SMILES string of the molecule is CCC/C=C/CC/C=C/C(O)C(COC1OC(CO)C(O)C(O)C1O)NC(=O)CCCCCCCCCCCCCCCCCCCCCCCCCCCCCCCCCCCCCC. The molecule has 0 aromatic carbocycles. The van der Waals surface area contributed by atoms with Crippen LogP contribution in [0.25, 0.3) is 0 Å². The van der Waals surface area contributed by atoms with Gasteiger partial charge in [0.1, 0.15) is 24.4 Å². The molecule has 1 rings (SSSR count). The second-order valence-electron chi connectivity index (χ2n) is 20.1. The van der Waals surface area contributed by atoms with Crippen LogP contribution >= 0.6 is 0 Å². The Kier molecular flexibility index (Phi) is 45.0. The molecule has 9 nitrogen and oxygen atoms in total. The molecular formula is C57H109NO8. The summed E-state index contributed by atoms with van der Waals surface area (Å²) in [5.74, 6) is -0.187. The highest BCUT2D eigenvalue weighted by molar-refractivity contribution is 5.76. The Bertz CT molecular complexity index is 1090. The number of nitrogens with one attached hydrogen (secondary N) is 1. The number of carbonyl (C=O) groups is 1. The standard InChI is InChI=1S/C57H109NO8/c1-3-5-7-9-11-12-13-14-15-16-17-18-19-20-21-22-23-24-25-26-27-28-29-30-31-32-33-34-35-36-37-38-39-41-43-45-47-53(61)58-50(51(60)46-44-42-40-10-8-6-4-2)49-65-57-56(64)55(63)54(62)52(48-59)66-57/h8,10,44,46,50-52,54-57,59-60,62-64H,3-7,9,11-43,45,47-49H2,1-2H3,(H,58,61)/b10-8+,46-44+. The molecule has 7 atom stereocenters. The summed E-state index contributed by atoms with van der Waals surface area (Å²) in [6, 6.07) is -0.815. The summed E-state index contributed by atoms with van der Waals surface area (Å²) in [5.41, 5.74) is 0. The minimum absolute atomic E-state index is 0.187. The van der Waals surface area contributed by atoms with Crippen LogP contribution in [0.3, 0.4) is 0 Å².